The molecule has 21 heavy (non-hydrogen) atoms. The molecule has 4 heteroatoms. The lowest BCUT2D eigenvalue weighted by atomic mass is 9.99. The number of hydrogen-bond acceptors (Lipinski definition) is 4. The lowest BCUT2D eigenvalue weighted by molar-refractivity contribution is 0.0600. The normalized spacial score (nSPS) is 10.0. The molecular weight excluding hydrogens is 268 g/mol. The van der Waals surface area contributed by atoms with Crippen molar-refractivity contribution in [1.82, 2.24) is 0 Å². The van der Waals surface area contributed by atoms with Gasteiger partial charge in [0.25, 0.3) is 0 Å². The van der Waals surface area contributed by atoms with Gasteiger partial charge in [-0.1, -0.05) is 12.1 Å². The molecule has 0 aliphatic carbocycles. The van der Waals surface area contributed by atoms with Gasteiger partial charge in [-0.05, 0) is 42.8 Å². The van der Waals surface area contributed by atoms with Crippen molar-refractivity contribution in [2.75, 3.05) is 14.2 Å². The molecule has 0 radical (unpaired) electrons. The number of carbonyl (C=O) groups is 2. The van der Waals surface area contributed by atoms with Crippen molar-refractivity contribution in [2.24, 2.45) is 0 Å². The van der Waals surface area contributed by atoms with Crippen LogP contribution in [0.1, 0.15) is 27.6 Å². The number of esters is 1. The van der Waals surface area contributed by atoms with Gasteiger partial charge in [0, 0.05) is 11.1 Å². The summed E-state index contributed by atoms with van der Waals surface area (Å²) < 4.78 is 10.1. The molecule has 108 valence electrons. The lowest BCUT2D eigenvalue weighted by Gasteiger charge is -2.11. The van der Waals surface area contributed by atoms with E-state index in [0.29, 0.717) is 16.9 Å². The summed E-state index contributed by atoms with van der Waals surface area (Å²) in [6, 6.07) is 12.2. The zero-order valence-corrected chi connectivity index (χ0v) is 12.2. The van der Waals surface area contributed by atoms with E-state index in [4.69, 9.17) is 9.47 Å². The number of ether oxygens (including phenoxy) is 2. The van der Waals surface area contributed by atoms with Crippen LogP contribution in [0.2, 0.25) is 0 Å². The highest BCUT2D eigenvalue weighted by molar-refractivity contribution is 5.96. The van der Waals surface area contributed by atoms with E-state index in [1.165, 1.54) is 14.0 Å². The van der Waals surface area contributed by atoms with Crippen LogP contribution in [0.15, 0.2) is 42.5 Å². The highest BCUT2D eigenvalue weighted by Gasteiger charge is 2.12. The second kappa shape index (κ2) is 6.22. The molecule has 2 aromatic carbocycles. The minimum atomic E-state index is -0.404. The third-order valence-electron chi connectivity index (χ3n) is 3.20. The monoisotopic (exact) mass is 284 g/mol. The molecule has 0 bridgehead atoms. The maximum absolute atomic E-state index is 11.6. The molecule has 4 nitrogen and oxygen atoms in total. The van der Waals surface area contributed by atoms with Crippen molar-refractivity contribution in [1.29, 1.82) is 0 Å². The third kappa shape index (κ3) is 3.11. The molecule has 0 unspecified atom stereocenters. The zero-order chi connectivity index (χ0) is 15.4. The molecule has 2 aromatic rings. The fraction of sp³-hybridized carbons (Fsp3) is 0.176. The van der Waals surface area contributed by atoms with Gasteiger partial charge >= 0.3 is 5.97 Å². The Hall–Kier alpha value is -2.62. The summed E-state index contributed by atoms with van der Waals surface area (Å²) in [6.45, 7) is 1.51. The number of rotatable bonds is 4. The molecule has 0 aliphatic heterocycles. The van der Waals surface area contributed by atoms with Gasteiger partial charge in [-0.15, -0.1) is 0 Å². The molecule has 0 aromatic heterocycles. The van der Waals surface area contributed by atoms with E-state index < -0.39 is 5.97 Å². The summed E-state index contributed by atoms with van der Waals surface area (Å²) in [5.41, 5.74) is 2.59. The summed E-state index contributed by atoms with van der Waals surface area (Å²) in [6.07, 6.45) is 0. The SMILES string of the molecule is COC(=O)c1cccc(-c2cc(C(C)=O)ccc2OC)c1. The average Bonchev–Trinajstić information content (AvgIpc) is 2.53. The Bertz CT molecular complexity index is 689. The van der Waals surface area contributed by atoms with Crippen molar-refractivity contribution in [2.45, 2.75) is 6.92 Å². The minimum Gasteiger partial charge on any atom is -0.496 e. The Balaban J connectivity index is 2.57. The predicted molar refractivity (Wildman–Crippen MR) is 79.8 cm³/mol. The minimum absolute atomic E-state index is 0.0250. The van der Waals surface area contributed by atoms with Crippen LogP contribution in [-0.4, -0.2) is 26.0 Å². The molecule has 0 fully saturated rings. The van der Waals surface area contributed by atoms with Crippen LogP contribution in [0.4, 0.5) is 0 Å². The van der Waals surface area contributed by atoms with Gasteiger partial charge in [-0.25, -0.2) is 4.79 Å². The van der Waals surface area contributed by atoms with Crippen LogP contribution >= 0.6 is 0 Å². The van der Waals surface area contributed by atoms with E-state index in [9.17, 15) is 9.59 Å². The fourth-order valence-electron chi connectivity index (χ4n) is 2.08. The summed E-state index contributed by atoms with van der Waals surface area (Å²) in [5.74, 6) is 0.212. The Kier molecular flexibility index (Phi) is 4.38. The first kappa shape index (κ1) is 14.8. The van der Waals surface area contributed by atoms with Crippen LogP contribution in [0, 0.1) is 0 Å². The number of Topliss-reactive ketones (excluding diaryl/α,β-unsaturated/α-hetero) is 1. The van der Waals surface area contributed by atoms with Crippen molar-refractivity contribution in [3.8, 4) is 16.9 Å². The fourth-order valence-corrected chi connectivity index (χ4v) is 2.08. The van der Waals surface area contributed by atoms with E-state index in [2.05, 4.69) is 0 Å². The highest BCUT2D eigenvalue weighted by atomic mass is 16.5. The Morgan fingerprint density at radius 2 is 1.71 bits per heavy atom. The first-order valence-corrected chi connectivity index (χ1v) is 6.44. The number of carbonyl (C=O) groups excluding carboxylic acids is 2. The molecule has 0 heterocycles. The second-order valence-electron chi connectivity index (χ2n) is 4.54. The largest absolute Gasteiger partial charge is 0.496 e. The maximum Gasteiger partial charge on any atom is 0.337 e. The standard InChI is InChI=1S/C17H16O4/c1-11(18)12-7-8-16(20-2)15(10-12)13-5-4-6-14(9-13)17(19)21-3/h4-10H,1-3H3. The average molecular weight is 284 g/mol. The van der Waals surface area contributed by atoms with Gasteiger partial charge in [0.2, 0.25) is 0 Å². The number of methoxy groups -OCH3 is 2. The molecule has 0 saturated carbocycles. The Morgan fingerprint density at radius 1 is 0.952 bits per heavy atom. The van der Waals surface area contributed by atoms with E-state index in [0.717, 1.165) is 11.1 Å². The number of ketones is 1. The van der Waals surface area contributed by atoms with Crippen molar-refractivity contribution < 1.29 is 19.1 Å². The molecule has 0 amide bonds. The third-order valence-corrected chi connectivity index (χ3v) is 3.20. The van der Waals surface area contributed by atoms with Gasteiger partial charge in [-0.2, -0.15) is 0 Å². The molecule has 0 aliphatic rings. The van der Waals surface area contributed by atoms with Gasteiger partial charge < -0.3 is 9.47 Å². The predicted octanol–water partition coefficient (Wildman–Crippen LogP) is 3.35. The maximum atomic E-state index is 11.6. The van der Waals surface area contributed by atoms with E-state index in [1.54, 1.807) is 43.5 Å². The summed E-state index contributed by atoms with van der Waals surface area (Å²) >= 11 is 0. The van der Waals surface area contributed by atoms with Gasteiger partial charge in [-0.3, -0.25) is 4.79 Å². The van der Waals surface area contributed by atoms with Crippen LogP contribution in [-0.2, 0) is 4.74 Å². The van der Waals surface area contributed by atoms with Crippen LogP contribution < -0.4 is 4.74 Å². The van der Waals surface area contributed by atoms with Crippen LogP contribution in [0.3, 0.4) is 0 Å². The molecule has 0 N–H and O–H groups in total. The van der Waals surface area contributed by atoms with Crippen LogP contribution in [0.5, 0.6) is 5.75 Å². The Labute approximate surface area is 123 Å². The molecular formula is C17H16O4. The van der Waals surface area contributed by atoms with Gasteiger partial charge in [0.05, 0.1) is 19.8 Å². The topological polar surface area (TPSA) is 52.6 Å². The van der Waals surface area contributed by atoms with Crippen molar-refractivity contribution in [3.05, 3.63) is 53.6 Å². The highest BCUT2D eigenvalue weighted by Crippen LogP contribution is 2.31. The lowest BCUT2D eigenvalue weighted by Crippen LogP contribution is -2.01. The van der Waals surface area contributed by atoms with E-state index >= 15 is 0 Å². The van der Waals surface area contributed by atoms with Crippen molar-refractivity contribution >= 4 is 11.8 Å². The van der Waals surface area contributed by atoms with Gasteiger partial charge in [0.15, 0.2) is 5.78 Å². The van der Waals surface area contributed by atoms with E-state index in [-0.39, 0.29) is 5.78 Å². The quantitative estimate of drug-likeness (QED) is 0.638. The first-order valence-electron chi connectivity index (χ1n) is 6.44. The zero-order valence-electron chi connectivity index (χ0n) is 12.2. The molecule has 0 saturated heterocycles. The molecule has 0 spiro atoms. The summed E-state index contributed by atoms with van der Waals surface area (Å²) in [4.78, 5) is 23.2. The first-order chi connectivity index (χ1) is 10.1. The van der Waals surface area contributed by atoms with Gasteiger partial charge in [0.1, 0.15) is 5.75 Å². The Morgan fingerprint density at radius 3 is 2.33 bits per heavy atom. The number of benzene rings is 2. The smallest absolute Gasteiger partial charge is 0.337 e. The molecule has 0 atom stereocenters. The number of hydrogen-bond donors (Lipinski definition) is 0. The molecule has 2 rings (SSSR count). The van der Waals surface area contributed by atoms with Crippen molar-refractivity contribution in [3.63, 3.8) is 0 Å². The van der Waals surface area contributed by atoms with E-state index in [1.807, 2.05) is 6.07 Å². The van der Waals surface area contributed by atoms with Crippen LogP contribution in [0.25, 0.3) is 11.1 Å². The second-order valence-corrected chi connectivity index (χ2v) is 4.54. The summed E-state index contributed by atoms with van der Waals surface area (Å²) in [5, 5.41) is 0. The summed E-state index contributed by atoms with van der Waals surface area (Å²) in [7, 11) is 2.91.